The summed E-state index contributed by atoms with van der Waals surface area (Å²) in [5, 5.41) is 12.0. The van der Waals surface area contributed by atoms with Crippen molar-refractivity contribution in [3.8, 4) is 11.4 Å². The van der Waals surface area contributed by atoms with Crippen LogP contribution in [0, 0.1) is 12.8 Å². The second-order valence-corrected chi connectivity index (χ2v) is 9.04. The second kappa shape index (κ2) is 9.47. The molecular weight excluding hydrogens is 392 g/mol. The van der Waals surface area contributed by atoms with Gasteiger partial charge in [0, 0.05) is 40.8 Å². The third kappa shape index (κ3) is 4.75. The van der Waals surface area contributed by atoms with Crippen molar-refractivity contribution < 1.29 is 4.79 Å². The van der Waals surface area contributed by atoms with E-state index >= 15 is 0 Å². The second-order valence-electron chi connectivity index (χ2n) is 7.95. The van der Waals surface area contributed by atoms with E-state index in [1.807, 2.05) is 44.2 Å². The first-order valence-electron chi connectivity index (χ1n) is 10.6. The zero-order chi connectivity index (χ0) is 20.9. The van der Waals surface area contributed by atoms with Crippen molar-refractivity contribution in [2.45, 2.75) is 51.0 Å². The zero-order valence-electron chi connectivity index (χ0n) is 17.6. The Kier molecular flexibility index (Phi) is 6.53. The van der Waals surface area contributed by atoms with Crippen LogP contribution in [0.2, 0.25) is 0 Å². The van der Waals surface area contributed by atoms with Crippen LogP contribution in [0.25, 0.3) is 11.4 Å². The SMILES string of the molecule is Cc1ccc(-c2nnc3n2CCCCC3)cc1NC(=O)C(C)CSc1ccccc1. The van der Waals surface area contributed by atoms with Gasteiger partial charge in [-0.3, -0.25) is 4.79 Å². The number of nitrogens with one attached hydrogen (secondary N) is 1. The van der Waals surface area contributed by atoms with Crippen molar-refractivity contribution in [1.82, 2.24) is 14.8 Å². The Balaban J connectivity index is 1.47. The number of carbonyl (C=O) groups is 1. The molecule has 1 aliphatic heterocycles. The molecule has 0 saturated carbocycles. The van der Waals surface area contributed by atoms with E-state index in [2.05, 4.69) is 38.3 Å². The Hall–Kier alpha value is -2.60. The van der Waals surface area contributed by atoms with Gasteiger partial charge in [0.25, 0.3) is 0 Å². The molecule has 6 heteroatoms. The predicted molar refractivity (Wildman–Crippen MR) is 123 cm³/mol. The molecule has 0 spiro atoms. The van der Waals surface area contributed by atoms with Gasteiger partial charge in [-0.1, -0.05) is 43.7 Å². The summed E-state index contributed by atoms with van der Waals surface area (Å²) in [6.07, 6.45) is 4.55. The number of thioether (sulfide) groups is 1. The molecule has 5 nitrogen and oxygen atoms in total. The number of nitrogens with zero attached hydrogens (tertiary/aromatic N) is 3. The number of carbonyl (C=O) groups excluding carboxylic acids is 1. The molecule has 0 fully saturated rings. The quantitative estimate of drug-likeness (QED) is 0.546. The molecule has 1 aliphatic rings. The standard InChI is InChI=1S/C24H28N4OS/c1-17-12-13-19(23-27-26-22-11-7-4-8-14-28(22)23)15-21(17)25-24(29)18(2)16-30-20-9-5-3-6-10-20/h3,5-6,9-10,12-13,15,18H,4,7-8,11,14,16H2,1-2H3,(H,25,29). The van der Waals surface area contributed by atoms with Gasteiger partial charge in [-0.2, -0.15) is 0 Å². The molecule has 3 aromatic rings. The molecule has 2 aromatic carbocycles. The van der Waals surface area contributed by atoms with E-state index < -0.39 is 0 Å². The molecule has 0 bridgehead atoms. The number of fused-ring (bicyclic) bond motifs is 1. The number of anilines is 1. The Bertz CT molecular complexity index is 1020. The highest BCUT2D eigenvalue weighted by molar-refractivity contribution is 7.99. The topological polar surface area (TPSA) is 59.8 Å². The summed E-state index contributed by atoms with van der Waals surface area (Å²) in [5.41, 5.74) is 2.90. The normalized spacial score (nSPS) is 14.6. The molecule has 4 rings (SSSR count). The smallest absolute Gasteiger partial charge is 0.228 e. The maximum absolute atomic E-state index is 12.8. The van der Waals surface area contributed by atoms with Crippen LogP contribution in [0.4, 0.5) is 5.69 Å². The van der Waals surface area contributed by atoms with Crippen molar-refractivity contribution in [3.63, 3.8) is 0 Å². The van der Waals surface area contributed by atoms with E-state index in [-0.39, 0.29) is 11.8 Å². The third-order valence-electron chi connectivity index (χ3n) is 5.55. The zero-order valence-corrected chi connectivity index (χ0v) is 18.4. The lowest BCUT2D eigenvalue weighted by Gasteiger charge is -2.15. The highest BCUT2D eigenvalue weighted by Gasteiger charge is 2.18. The minimum atomic E-state index is -0.0948. The van der Waals surface area contributed by atoms with Crippen LogP contribution >= 0.6 is 11.8 Å². The first kappa shape index (κ1) is 20.7. The van der Waals surface area contributed by atoms with Crippen LogP contribution in [-0.2, 0) is 17.8 Å². The Labute approximate surface area is 182 Å². The van der Waals surface area contributed by atoms with Crippen LogP contribution in [0.5, 0.6) is 0 Å². The lowest BCUT2D eigenvalue weighted by Crippen LogP contribution is -2.22. The molecule has 1 atom stereocenters. The van der Waals surface area contributed by atoms with Gasteiger partial charge in [0.05, 0.1) is 0 Å². The molecule has 30 heavy (non-hydrogen) atoms. The fraction of sp³-hybridized carbons (Fsp3) is 0.375. The number of benzene rings is 2. The van der Waals surface area contributed by atoms with Gasteiger partial charge in [0.2, 0.25) is 5.91 Å². The molecule has 1 N–H and O–H groups in total. The van der Waals surface area contributed by atoms with Crippen molar-refractivity contribution in [3.05, 3.63) is 59.9 Å². The number of amides is 1. The van der Waals surface area contributed by atoms with Crippen LogP contribution in [0.1, 0.15) is 37.6 Å². The molecule has 1 aromatic heterocycles. The van der Waals surface area contributed by atoms with Crippen molar-refractivity contribution in [2.24, 2.45) is 5.92 Å². The van der Waals surface area contributed by atoms with Crippen LogP contribution in [0.3, 0.4) is 0 Å². The van der Waals surface area contributed by atoms with Gasteiger partial charge in [0.15, 0.2) is 5.82 Å². The summed E-state index contributed by atoms with van der Waals surface area (Å²) in [4.78, 5) is 14.0. The first-order chi connectivity index (χ1) is 14.6. The van der Waals surface area contributed by atoms with Gasteiger partial charge in [-0.05, 0) is 43.5 Å². The summed E-state index contributed by atoms with van der Waals surface area (Å²) in [6, 6.07) is 16.3. The van der Waals surface area contributed by atoms with E-state index in [0.29, 0.717) is 0 Å². The Morgan fingerprint density at radius 3 is 2.80 bits per heavy atom. The Morgan fingerprint density at radius 2 is 1.97 bits per heavy atom. The summed E-state index contributed by atoms with van der Waals surface area (Å²) in [6.45, 7) is 4.96. The highest BCUT2D eigenvalue weighted by atomic mass is 32.2. The lowest BCUT2D eigenvalue weighted by atomic mass is 10.1. The van der Waals surface area contributed by atoms with E-state index in [1.54, 1.807) is 11.8 Å². The maximum atomic E-state index is 12.8. The average Bonchev–Trinajstić information content (AvgIpc) is 3.02. The monoisotopic (exact) mass is 420 g/mol. The molecule has 2 heterocycles. The molecule has 156 valence electrons. The Morgan fingerprint density at radius 1 is 1.13 bits per heavy atom. The fourth-order valence-electron chi connectivity index (χ4n) is 3.66. The number of rotatable bonds is 6. The molecule has 1 unspecified atom stereocenters. The minimum Gasteiger partial charge on any atom is -0.326 e. The van der Waals surface area contributed by atoms with E-state index in [0.717, 1.165) is 53.6 Å². The van der Waals surface area contributed by atoms with Crippen molar-refractivity contribution in [1.29, 1.82) is 0 Å². The molecule has 1 amide bonds. The molecule has 0 saturated heterocycles. The lowest BCUT2D eigenvalue weighted by molar-refractivity contribution is -0.118. The van der Waals surface area contributed by atoms with E-state index in [1.165, 1.54) is 17.7 Å². The summed E-state index contributed by atoms with van der Waals surface area (Å²) >= 11 is 1.71. The summed E-state index contributed by atoms with van der Waals surface area (Å²) in [7, 11) is 0. The summed E-state index contributed by atoms with van der Waals surface area (Å²) < 4.78 is 2.24. The van der Waals surface area contributed by atoms with Gasteiger partial charge >= 0.3 is 0 Å². The highest BCUT2D eigenvalue weighted by Crippen LogP contribution is 2.28. The largest absolute Gasteiger partial charge is 0.326 e. The van der Waals surface area contributed by atoms with Gasteiger partial charge in [-0.25, -0.2) is 0 Å². The fourth-order valence-corrected chi connectivity index (χ4v) is 4.61. The van der Waals surface area contributed by atoms with Gasteiger partial charge < -0.3 is 9.88 Å². The predicted octanol–water partition coefficient (Wildman–Crippen LogP) is 5.35. The summed E-state index contributed by atoms with van der Waals surface area (Å²) in [5.74, 6) is 2.66. The number of aryl methyl sites for hydroxylation is 2. The number of aromatic nitrogens is 3. The van der Waals surface area contributed by atoms with E-state index in [4.69, 9.17) is 0 Å². The van der Waals surface area contributed by atoms with Crippen LogP contribution < -0.4 is 5.32 Å². The minimum absolute atomic E-state index is 0.0405. The number of hydrogen-bond acceptors (Lipinski definition) is 4. The molecule has 0 aliphatic carbocycles. The molecular formula is C24H28N4OS. The van der Waals surface area contributed by atoms with Crippen LogP contribution in [-0.4, -0.2) is 26.4 Å². The number of hydrogen-bond donors (Lipinski definition) is 1. The van der Waals surface area contributed by atoms with Crippen molar-refractivity contribution >= 4 is 23.4 Å². The molecule has 0 radical (unpaired) electrons. The van der Waals surface area contributed by atoms with Crippen molar-refractivity contribution in [2.75, 3.05) is 11.1 Å². The first-order valence-corrected chi connectivity index (χ1v) is 11.6. The van der Waals surface area contributed by atoms with E-state index in [9.17, 15) is 4.79 Å². The van der Waals surface area contributed by atoms with Crippen LogP contribution in [0.15, 0.2) is 53.4 Å². The van der Waals surface area contributed by atoms with Gasteiger partial charge in [-0.15, -0.1) is 22.0 Å². The van der Waals surface area contributed by atoms with Gasteiger partial charge in [0.1, 0.15) is 5.82 Å². The maximum Gasteiger partial charge on any atom is 0.228 e. The average molecular weight is 421 g/mol. The third-order valence-corrected chi connectivity index (χ3v) is 6.83.